The van der Waals surface area contributed by atoms with Crippen molar-refractivity contribution >= 4 is 15.9 Å². The maximum Gasteiger partial charge on any atom is 0.127 e. The molecule has 1 N–H and O–H groups in total. The number of hydrogen-bond acceptors (Lipinski definition) is 2. The fourth-order valence-corrected chi connectivity index (χ4v) is 4.55. The molecule has 4 bridgehead atoms. The number of hydrogen-bond donors (Lipinski definition) is 1. The summed E-state index contributed by atoms with van der Waals surface area (Å²) in [5.74, 6) is 0.818. The molecule has 4 aliphatic rings. The van der Waals surface area contributed by atoms with E-state index in [1.807, 2.05) is 18.2 Å². The molecule has 0 saturated carbocycles. The first-order valence-corrected chi connectivity index (χ1v) is 10.1. The van der Waals surface area contributed by atoms with Crippen LogP contribution in [-0.4, -0.2) is 12.2 Å². The molecule has 7 rings (SSSR count). The van der Waals surface area contributed by atoms with Crippen LogP contribution in [0.4, 0.5) is 0 Å². The summed E-state index contributed by atoms with van der Waals surface area (Å²) in [5.41, 5.74) is 8.39. The highest BCUT2D eigenvalue weighted by Gasteiger charge is 2.16. The summed E-state index contributed by atoms with van der Waals surface area (Å²) in [4.78, 5) is 0. The number of rotatable bonds is 3. The number of aryl methyl sites for hydroxylation is 4. The number of aliphatic hydroxyl groups excluding tert-OH is 1. The number of halogens is 1. The second kappa shape index (κ2) is 7.87. The Kier molecular flexibility index (Phi) is 5.33. The van der Waals surface area contributed by atoms with Crippen molar-refractivity contribution < 1.29 is 9.84 Å². The average molecular weight is 423 g/mol. The average Bonchev–Trinajstić information content (AvgIpc) is 2.69. The van der Waals surface area contributed by atoms with Gasteiger partial charge in [0.1, 0.15) is 5.75 Å². The van der Waals surface area contributed by atoms with Crippen LogP contribution in [0.1, 0.15) is 27.8 Å². The van der Waals surface area contributed by atoms with Crippen LogP contribution in [0.25, 0.3) is 11.1 Å². The molecule has 138 valence electrons. The van der Waals surface area contributed by atoms with Crippen LogP contribution in [0, 0.1) is 0 Å². The molecular weight excluding hydrogens is 400 g/mol. The van der Waals surface area contributed by atoms with Gasteiger partial charge in [0.15, 0.2) is 0 Å². The summed E-state index contributed by atoms with van der Waals surface area (Å²) in [6, 6.07) is 19.4. The van der Waals surface area contributed by atoms with E-state index in [0.717, 1.165) is 42.6 Å². The minimum absolute atomic E-state index is 0.00389. The molecular formula is C24H23BrO2. The Morgan fingerprint density at radius 1 is 0.889 bits per heavy atom. The van der Waals surface area contributed by atoms with Crippen LogP contribution in [0.15, 0.2) is 59.1 Å². The second-order valence-corrected chi connectivity index (χ2v) is 7.92. The Labute approximate surface area is 169 Å². The van der Waals surface area contributed by atoms with Gasteiger partial charge in [0.25, 0.3) is 0 Å². The van der Waals surface area contributed by atoms with Gasteiger partial charge in [-0.2, -0.15) is 0 Å². The number of aliphatic hydroxyl groups is 1. The lowest BCUT2D eigenvalue weighted by Gasteiger charge is -2.19. The molecule has 4 aliphatic carbocycles. The van der Waals surface area contributed by atoms with E-state index in [1.54, 1.807) is 7.11 Å². The standard InChI is InChI=1S/C24H23BrO2/c1-27-23-4-2-3-20(15-26)24(23)21-13-16-5-9-18(21)10-6-17-8-12-19(11-7-16)22(25)14-17/h2-5,8-9,12-14,26H,6-7,10-11,15H2,1H3. The molecule has 0 unspecified atom stereocenters. The smallest absolute Gasteiger partial charge is 0.127 e. The van der Waals surface area contributed by atoms with E-state index in [9.17, 15) is 5.11 Å². The van der Waals surface area contributed by atoms with Crippen LogP contribution in [-0.2, 0) is 32.3 Å². The molecule has 3 aromatic carbocycles. The van der Waals surface area contributed by atoms with Crippen molar-refractivity contribution in [3.05, 3.63) is 86.9 Å². The summed E-state index contributed by atoms with van der Waals surface area (Å²) in [6.07, 6.45) is 3.91. The largest absolute Gasteiger partial charge is 0.496 e. The Morgan fingerprint density at radius 2 is 1.59 bits per heavy atom. The van der Waals surface area contributed by atoms with Crippen molar-refractivity contribution in [2.75, 3.05) is 7.11 Å². The molecule has 0 saturated heterocycles. The van der Waals surface area contributed by atoms with Gasteiger partial charge in [-0.15, -0.1) is 0 Å². The first-order valence-electron chi connectivity index (χ1n) is 9.36. The van der Waals surface area contributed by atoms with E-state index < -0.39 is 0 Å². The molecule has 0 spiro atoms. The zero-order valence-corrected chi connectivity index (χ0v) is 17.1. The zero-order chi connectivity index (χ0) is 18.8. The predicted octanol–water partition coefficient (Wildman–Crippen LogP) is 5.50. The third-order valence-electron chi connectivity index (χ3n) is 5.43. The van der Waals surface area contributed by atoms with E-state index in [0.29, 0.717) is 0 Å². The molecule has 0 heterocycles. The lowest BCUT2D eigenvalue weighted by atomic mass is 9.88. The third kappa shape index (κ3) is 3.67. The van der Waals surface area contributed by atoms with Crippen molar-refractivity contribution in [3.63, 3.8) is 0 Å². The molecule has 2 nitrogen and oxygen atoms in total. The summed E-state index contributed by atoms with van der Waals surface area (Å²) in [7, 11) is 1.69. The summed E-state index contributed by atoms with van der Waals surface area (Å²) >= 11 is 3.73. The van der Waals surface area contributed by atoms with E-state index in [-0.39, 0.29) is 6.61 Å². The Bertz CT molecular complexity index is 956. The Balaban J connectivity index is 1.86. The lowest BCUT2D eigenvalue weighted by Crippen LogP contribution is -2.03. The van der Waals surface area contributed by atoms with E-state index in [1.165, 1.54) is 32.3 Å². The topological polar surface area (TPSA) is 29.5 Å². The van der Waals surface area contributed by atoms with Gasteiger partial charge < -0.3 is 9.84 Å². The van der Waals surface area contributed by atoms with Crippen molar-refractivity contribution in [2.45, 2.75) is 32.3 Å². The molecule has 0 radical (unpaired) electrons. The fraction of sp³-hybridized carbons (Fsp3) is 0.250. The van der Waals surface area contributed by atoms with Crippen molar-refractivity contribution in [2.24, 2.45) is 0 Å². The molecule has 3 aromatic rings. The molecule has 27 heavy (non-hydrogen) atoms. The van der Waals surface area contributed by atoms with Crippen LogP contribution >= 0.6 is 15.9 Å². The van der Waals surface area contributed by atoms with Gasteiger partial charge in [-0.05, 0) is 71.2 Å². The molecule has 0 aliphatic heterocycles. The SMILES string of the molecule is COc1cccc(CO)c1-c1cc2ccc1CCc1ccc(c(Br)c1)CC2. The molecule has 0 fully saturated rings. The van der Waals surface area contributed by atoms with Crippen LogP contribution in [0.5, 0.6) is 5.75 Å². The molecule has 3 heteroatoms. The van der Waals surface area contributed by atoms with Crippen LogP contribution in [0.3, 0.4) is 0 Å². The highest BCUT2D eigenvalue weighted by Crippen LogP contribution is 2.37. The summed E-state index contributed by atoms with van der Waals surface area (Å²) in [6.45, 7) is 0.00389. The van der Waals surface area contributed by atoms with E-state index in [2.05, 4.69) is 52.3 Å². The van der Waals surface area contributed by atoms with Gasteiger partial charge in [-0.25, -0.2) is 0 Å². The van der Waals surface area contributed by atoms with Crippen molar-refractivity contribution in [1.29, 1.82) is 0 Å². The van der Waals surface area contributed by atoms with Gasteiger partial charge in [0.05, 0.1) is 13.7 Å². The minimum Gasteiger partial charge on any atom is -0.496 e. The van der Waals surface area contributed by atoms with Crippen LogP contribution in [0.2, 0.25) is 0 Å². The first-order chi connectivity index (χ1) is 13.2. The van der Waals surface area contributed by atoms with Gasteiger partial charge in [0, 0.05) is 10.0 Å². The molecule has 0 atom stereocenters. The summed E-state index contributed by atoms with van der Waals surface area (Å²) < 4.78 is 6.86. The summed E-state index contributed by atoms with van der Waals surface area (Å²) in [5, 5.41) is 9.92. The van der Waals surface area contributed by atoms with Gasteiger partial charge in [-0.3, -0.25) is 0 Å². The normalized spacial score (nSPS) is 13.3. The van der Waals surface area contributed by atoms with Crippen LogP contribution < -0.4 is 4.74 Å². The molecule has 0 amide bonds. The quantitative estimate of drug-likeness (QED) is 0.603. The van der Waals surface area contributed by atoms with E-state index in [4.69, 9.17) is 4.74 Å². The lowest BCUT2D eigenvalue weighted by molar-refractivity contribution is 0.281. The Morgan fingerprint density at radius 3 is 2.30 bits per heavy atom. The maximum absolute atomic E-state index is 9.92. The number of ether oxygens (including phenoxy) is 1. The van der Waals surface area contributed by atoms with Gasteiger partial charge >= 0.3 is 0 Å². The number of benzene rings is 3. The van der Waals surface area contributed by atoms with Crippen molar-refractivity contribution in [1.82, 2.24) is 0 Å². The second-order valence-electron chi connectivity index (χ2n) is 7.07. The van der Waals surface area contributed by atoms with Gasteiger partial charge in [0.2, 0.25) is 0 Å². The molecule has 0 aromatic heterocycles. The maximum atomic E-state index is 9.92. The number of methoxy groups -OCH3 is 1. The predicted molar refractivity (Wildman–Crippen MR) is 113 cm³/mol. The van der Waals surface area contributed by atoms with Gasteiger partial charge in [-0.1, -0.05) is 58.4 Å². The van der Waals surface area contributed by atoms with Crippen molar-refractivity contribution in [3.8, 4) is 16.9 Å². The first kappa shape index (κ1) is 18.3. The monoisotopic (exact) mass is 422 g/mol. The fourth-order valence-electron chi connectivity index (χ4n) is 3.92. The van der Waals surface area contributed by atoms with E-state index >= 15 is 0 Å². The minimum atomic E-state index is 0.00389. The third-order valence-corrected chi connectivity index (χ3v) is 6.17. The Hall–Kier alpha value is -2.10. The zero-order valence-electron chi connectivity index (χ0n) is 15.5. The highest BCUT2D eigenvalue weighted by molar-refractivity contribution is 9.10. The highest BCUT2D eigenvalue weighted by atomic mass is 79.9.